The molecular formula is C21H24N4O4. The Bertz CT molecular complexity index is 883. The molecule has 4 rings (SSSR count). The molecule has 152 valence electrons. The second-order valence-corrected chi connectivity index (χ2v) is 7.40. The van der Waals surface area contributed by atoms with E-state index in [4.69, 9.17) is 4.42 Å². The van der Waals surface area contributed by atoms with E-state index in [2.05, 4.69) is 10.3 Å². The zero-order valence-electron chi connectivity index (χ0n) is 16.2. The molecule has 8 heteroatoms. The Morgan fingerprint density at radius 3 is 2.41 bits per heavy atom. The van der Waals surface area contributed by atoms with Crippen LogP contribution < -0.4 is 5.32 Å². The van der Waals surface area contributed by atoms with Crippen LogP contribution in [-0.4, -0.2) is 64.7 Å². The third-order valence-corrected chi connectivity index (χ3v) is 5.19. The molecule has 1 aliphatic heterocycles. The minimum absolute atomic E-state index is 0.000933. The van der Waals surface area contributed by atoms with Gasteiger partial charge in [0, 0.05) is 50.6 Å². The van der Waals surface area contributed by atoms with Crippen molar-refractivity contribution in [3.05, 3.63) is 42.4 Å². The summed E-state index contributed by atoms with van der Waals surface area (Å²) >= 11 is 0. The lowest BCUT2D eigenvalue weighted by Gasteiger charge is -2.34. The van der Waals surface area contributed by atoms with Crippen molar-refractivity contribution >= 4 is 17.7 Å². The Hall–Kier alpha value is -3.16. The van der Waals surface area contributed by atoms with Gasteiger partial charge >= 0.3 is 11.8 Å². The molecule has 2 aromatic rings. The summed E-state index contributed by atoms with van der Waals surface area (Å²) in [5, 5.41) is 2.71. The Labute approximate surface area is 168 Å². The average Bonchev–Trinajstić information content (AvgIpc) is 3.45. The molecule has 0 bridgehead atoms. The van der Waals surface area contributed by atoms with Gasteiger partial charge in [-0.3, -0.25) is 14.4 Å². The van der Waals surface area contributed by atoms with E-state index in [0.717, 1.165) is 18.4 Å². The second-order valence-electron chi connectivity index (χ2n) is 7.40. The summed E-state index contributed by atoms with van der Waals surface area (Å²) in [5.41, 5.74) is 0.948. The zero-order valence-corrected chi connectivity index (χ0v) is 16.2. The molecule has 1 saturated heterocycles. The fourth-order valence-corrected chi connectivity index (χ4v) is 3.31. The quantitative estimate of drug-likeness (QED) is 0.767. The number of piperazine rings is 1. The first-order chi connectivity index (χ1) is 14.1. The van der Waals surface area contributed by atoms with Crippen molar-refractivity contribution in [3.8, 4) is 11.3 Å². The molecular weight excluding hydrogens is 372 g/mol. The van der Waals surface area contributed by atoms with E-state index >= 15 is 0 Å². The monoisotopic (exact) mass is 396 g/mol. The van der Waals surface area contributed by atoms with E-state index < -0.39 is 11.8 Å². The number of hydrogen-bond acceptors (Lipinski definition) is 5. The summed E-state index contributed by atoms with van der Waals surface area (Å²) in [6.45, 7) is 1.61. The fraction of sp³-hybridized carbons (Fsp3) is 0.429. The van der Waals surface area contributed by atoms with Crippen molar-refractivity contribution in [2.24, 2.45) is 0 Å². The van der Waals surface area contributed by atoms with Crippen LogP contribution >= 0.6 is 0 Å². The van der Waals surface area contributed by atoms with Gasteiger partial charge in [0.05, 0.1) is 6.20 Å². The first kappa shape index (κ1) is 19.2. The number of benzene rings is 1. The molecule has 0 radical (unpaired) electrons. The Balaban J connectivity index is 1.22. The minimum atomic E-state index is -0.537. The number of oxazole rings is 1. The van der Waals surface area contributed by atoms with E-state index in [9.17, 15) is 14.4 Å². The van der Waals surface area contributed by atoms with Crippen LogP contribution in [0.15, 0.2) is 40.9 Å². The number of carbonyl (C=O) groups excluding carboxylic acids is 3. The number of amides is 3. The first-order valence-electron chi connectivity index (χ1n) is 9.98. The van der Waals surface area contributed by atoms with Crippen molar-refractivity contribution < 1.29 is 18.8 Å². The lowest BCUT2D eigenvalue weighted by Crippen LogP contribution is -2.54. The van der Waals surface area contributed by atoms with Crippen molar-refractivity contribution in [1.29, 1.82) is 0 Å². The van der Waals surface area contributed by atoms with Crippen molar-refractivity contribution in [3.63, 3.8) is 0 Å². The van der Waals surface area contributed by atoms with Gasteiger partial charge in [-0.15, -0.1) is 0 Å². The maximum atomic E-state index is 12.5. The van der Waals surface area contributed by atoms with E-state index in [1.807, 2.05) is 30.3 Å². The minimum Gasteiger partial charge on any atom is -0.441 e. The average molecular weight is 396 g/mol. The van der Waals surface area contributed by atoms with Crippen LogP contribution in [0.3, 0.4) is 0 Å². The number of nitrogens with zero attached hydrogens (tertiary/aromatic N) is 3. The van der Waals surface area contributed by atoms with Crippen LogP contribution in [0.4, 0.5) is 0 Å². The summed E-state index contributed by atoms with van der Waals surface area (Å²) in [6, 6.07) is 9.85. The maximum absolute atomic E-state index is 12.5. The summed E-state index contributed by atoms with van der Waals surface area (Å²) < 4.78 is 5.74. The lowest BCUT2D eigenvalue weighted by molar-refractivity contribution is -0.148. The molecule has 1 N–H and O–H groups in total. The van der Waals surface area contributed by atoms with Crippen LogP contribution in [0.5, 0.6) is 0 Å². The van der Waals surface area contributed by atoms with Crippen LogP contribution in [-0.2, 0) is 20.8 Å². The molecule has 1 aliphatic carbocycles. The molecule has 0 atom stereocenters. The maximum Gasteiger partial charge on any atom is 0.312 e. The molecule has 0 spiro atoms. The molecule has 8 nitrogen and oxygen atoms in total. The first-order valence-corrected chi connectivity index (χ1v) is 9.98. The molecule has 2 fully saturated rings. The predicted molar refractivity (Wildman–Crippen MR) is 105 cm³/mol. The van der Waals surface area contributed by atoms with Crippen molar-refractivity contribution in [1.82, 2.24) is 20.1 Å². The van der Waals surface area contributed by atoms with Gasteiger partial charge in [0.2, 0.25) is 5.91 Å². The van der Waals surface area contributed by atoms with Crippen LogP contribution in [0.1, 0.15) is 25.2 Å². The fourth-order valence-electron chi connectivity index (χ4n) is 3.31. The predicted octanol–water partition coefficient (Wildman–Crippen LogP) is 1.22. The highest BCUT2D eigenvalue weighted by Gasteiger charge is 2.31. The summed E-state index contributed by atoms with van der Waals surface area (Å²) in [5.74, 6) is 0.175. The Morgan fingerprint density at radius 2 is 1.72 bits per heavy atom. The largest absolute Gasteiger partial charge is 0.441 e. The molecule has 29 heavy (non-hydrogen) atoms. The number of nitrogens with one attached hydrogen (secondary N) is 1. The van der Waals surface area contributed by atoms with Gasteiger partial charge in [0.25, 0.3) is 0 Å². The number of rotatable bonds is 5. The number of aromatic nitrogens is 1. The molecule has 1 saturated carbocycles. The van der Waals surface area contributed by atoms with Gasteiger partial charge in [-0.05, 0) is 12.8 Å². The Morgan fingerprint density at radius 1 is 1.03 bits per heavy atom. The summed E-state index contributed by atoms with van der Waals surface area (Å²) in [6.07, 6.45) is 4.28. The third-order valence-electron chi connectivity index (χ3n) is 5.19. The zero-order chi connectivity index (χ0) is 20.2. The second kappa shape index (κ2) is 8.46. The third kappa shape index (κ3) is 4.82. The highest BCUT2D eigenvalue weighted by Crippen LogP contribution is 2.21. The van der Waals surface area contributed by atoms with Crippen molar-refractivity contribution in [2.45, 2.75) is 31.7 Å². The van der Waals surface area contributed by atoms with E-state index in [0.29, 0.717) is 50.7 Å². The molecule has 1 aromatic carbocycles. The molecule has 3 amide bonds. The van der Waals surface area contributed by atoms with Gasteiger partial charge < -0.3 is 19.5 Å². The number of aryl methyl sites for hydroxylation is 1. The van der Waals surface area contributed by atoms with Gasteiger partial charge in [0.15, 0.2) is 11.7 Å². The summed E-state index contributed by atoms with van der Waals surface area (Å²) in [4.78, 5) is 44.0. The van der Waals surface area contributed by atoms with Gasteiger partial charge in [-0.1, -0.05) is 30.3 Å². The van der Waals surface area contributed by atoms with Crippen LogP contribution in [0.2, 0.25) is 0 Å². The molecule has 2 heterocycles. The standard InChI is InChI=1S/C21H24N4O4/c26-19(9-8-18-22-14-17(29-18)15-4-2-1-3-5-15)24-10-12-25(13-11-24)21(28)20(27)23-16-6-7-16/h1-5,14,16H,6-13H2,(H,23,27). The van der Waals surface area contributed by atoms with Gasteiger partial charge in [0.1, 0.15) is 0 Å². The normalized spacial score (nSPS) is 16.6. The SMILES string of the molecule is O=C(NC1CC1)C(=O)N1CCN(C(=O)CCc2ncc(-c3ccccc3)o2)CC1. The van der Waals surface area contributed by atoms with Gasteiger partial charge in [-0.2, -0.15) is 0 Å². The Kier molecular flexibility index (Phi) is 5.59. The number of carbonyl (C=O) groups is 3. The molecule has 2 aliphatic rings. The summed E-state index contributed by atoms with van der Waals surface area (Å²) in [7, 11) is 0. The van der Waals surface area contributed by atoms with Gasteiger partial charge in [-0.25, -0.2) is 4.98 Å². The molecule has 1 aromatic heterocycles. The van der Waals surface area contributed by atoms with Crippen LogP contribution in [0, 0.1) is 0 Å². The number of hydrogen-bond donors (Lipinski definition) is 1. The van der Waals surface area contributed by atoms with E-state index in [1.54, 1.807) is 11.1 Å². The smallest absolute Gasteiger partial charge is 0.312 e. The topological polar surface area (TPSA) is 95.8 Å². The van der Waals surface area contributed by atoms with Crippen LogP contribution in [0.25, 0.3) is 11.3 Å². The highest BCUT2D eigenvalue weighted by atomic mass is 16.4. The van der Waals surface area contributed by atoms with Crippen molar-refractivity contribution in [2.75, 3.05) is 26.2 Å². The molecule has 0 unspecified atom stereocenters. The highest BCUT2D eigenvalue weighted by molar-refractivity contribution is 6.35. The van der Waals surface area contributed by atoms with E-state index in [1.165, 1.54) is 4.90 Å². The van der Waals surface area contributed by atoms with E-state index in [-0.39, 0.29) is 11.9 Å². The lowest BCUT2D eigenvalue weighted by atomic mass is 10.2.